The van der Waals surface area contributed by atoms with Crippen LogP contribution in [0.15, 0.2) is 24.3 Å². The van der Waals surface area contributed by atoms with E-state index in [9.17, 15) is 4.79 Å². The van der Waals surface area contributed by atoms with E-state index in [1.807, 2.05) is 32.9 Å². The average Bonchev–Trinajstić information content (AvgIpc) is 2.69. The molecule has 1 aliphatic carbocycles. The average molecular weight is 347 g/mol. The third-order valence-corrected chi connectivity index (χ3v) is 4.74. The maximum absolute atomic E-state index is 12.1. The lowest BCUT2D eigenvalue weighted by Crippen LogP contribution is -2.33. The van der Waals surface area contributed by atoms with Crippen LogP contribution in [0, 0.1) is 11.3 Å². The fraction of sp³-hybridized carbons (Fsp3) is 0.667. The largest absolute Gasteiger partial charge is 0.444 e. The van der Waals surface area contributed by atoms with Crippen molar-refractivity contribution in [2.45, 2.75) is 72.6 Å². The summed E-state index contributed by atoms with van der Waals surface area (Å²) in [5.41, 5.74) is 2.17. The Kier molecular flexibility index (Phi) is 5.70. The summed E-state index contributed by atoms with van der Waals surface area (Å²) in [6, 6.07) is 8.85. The zero-order valence-electron chi connectivity index (χ0n) is 16.8. The molecule has 0 radical (unpaired) electrons. The van der Waals surface area contributed by atoms with Crippen LogP contribution in [0.3, 0.4) is 0 Å². The standard InChI is InChI=1S/C21H34N2O2/c1-15-12-21(5,6)13-18(15)22-17-10-8-9-16(11-17)14-23(7)19(24)25-20(2,3)4/h8-11,15,18,22H,12-14H2,1-7H3. The number of benzene rings is 1. The quantitative estimate of drug-likeness (QED) is 0.805. The van der Waals surface area contributed by atoms with Crippen LogP contribution in [0.1, 0.15) is 59.9 Å². The van der Waals surface area contributed by atoms with Crippen LogP contribution in [0.2, 0.25) is 0 Å². The van der Waals surface area contributed by atoms with Gasteiger partial charge in [0.15, 0.2) is 0 Å². The Morgan fingerprint density at radius 1 is 1.32 bits per heavy atom. The summed E-state index contributed by atoms with van der Waals surface area (Å²) >= 11 is 0. The normalized spacial score (nSPS) is 22.5. The molecule has 2 atom stereocenters. The zero-order valence-corrected chi connectivity index (χ0v) is 16.8. The second-order valence-electron chi connectivity index (χ2n) is 9.34. The molecule has 0 heterocycles. The van der Waals surface area contributed by atoms with Gasteiger partial charge in [-0.1, -0.05) is 32.9 Å². The highest BCUT2D eigenvalue weighted by Crippen LogP contribution is 2.42. The molecular weight excluding hydrogens is 312 g/mol. The molecule has 1 saturated carbocycles. The molecule has 2 rings (SSSR count). The number of ether oxygens (including phenoxy) is 1. The van der Waals surface area contributed by atoms with E-state index >= 15 is 0 Å². The number of hydrogen-bond acceptors (Lipinski definition) is 3. The fourth-order valence-electron chi connectivity index (χ4n) is 3.74. The molecule has 0 saturated heterocycles. The molecule has 1 amide bonds. The zero-order chi connectivity index (χ0) is 18.8. The number of carbonyl (C=O) groups is 1. The van der Waals surface area contributed by atoms with Crippen molar-refractivity contribution in [3.05, 3.63) is 29.8 Å². The molecule has 0 aromatic heterocycles. The van der Waals surface area contributed by atoms with Crippen LogP contribution in [-0.4, -0.2) is 29.7 Å². The van der Waals surface area contributed by atoms with Crippen LogP contribution in [-0.2, 0) is 11.3 Å². The van der Waals surface area contributed by atoms with E-state index in [2.05, 4.69) is 38.2 Å². The van der Waals surface area contributed by atoms with Gasteiger partial charge in [-0.05, 0) is 62.6 Å². The molecule has 1 aromatic rings. The van der Waals surface area contributed by atoms with E-state index in [0.717, 1.165) is 11.3 Å². The van der Waals surface area contributed by atoms with Gasteiger partial charge in [-0.25, -0.2) is 4.79 Å². The number of amides is 1. The maximum atomic E-state index is 12.1. The molecule has 1 aliphatic rings. The van der Waals surface area contributed by atoms with Crippen molar-refractivity contribution in [2.75, 3.05) is 12.4 Å². The lowest BCUT2D eigenvalue weighted by atomic mass is 9.91. The van der Waals surface area contributed by atoms with Crippen LogP contribution < -0.4 is 5.32 Å². The summed E-state index contributed by atoms with van der Waals surface area (Å²) in [5, 5.41) is 3.69. The van der Waals surface area contributed by atoms with E-state index in [1.54, 1.807) is 11.9 Å². The van der Waals surface area contributed by atoms with Gasteiger partial charge in [0.05, 0.1) is 0 Å². The minimum absolute atomic E-state index is 0.294. The molecule has 25 heavy (non-hydrogen) atoms. The first-order chi connectivity index (χ1) is 11.5. The monoisotopic (exact) mass is 346 g/mol. The molecule has 2 unspecified atom stereocenters. The van der Waals surface area contributed by atoms with Gasteiger partial charge >= 0.3 is 6.09 Å². The van der Waals surface area contributed by atoms with E-state index in [0.29, 0.717) is 23.9 Å². The van der Waals surface area contributed by atoms with Crippen LogP contribution >= 0.6 is 0 Å². The molecule has 140 valence electrons. The maximum Gasteiger partial charge on any atom is 0.410 e. The smallest absolute Gasteiger partial charge is 0.410 e. The molecule has 4 heteroatoms. The van der Waals surface area contributed by atoms with E-state index in [4.69, 9.17) is 4.74 Å². The van der Waals surface area contributed by atoms with Crippen LogP contribution in [0.25, 0.3) is 0 Å². The summed E-state index contributed by atoms with van der Waals surface area (Å²) in [7, 11) is 1.77. The third kappa shape index (κ3) is 5.94. The van der Waals surface area contributed by atoms with Gasteiger partial charge in [-0.2, -0.15) is 0 Å². The second-order valence-corrected chi connectivity index (χ2v) is 9.34. The number of rotatable bonds is 4. The Balaban J connectivity index is 1.98. The Hall–Kier alpha value is -1.71. The Morgan fingerprint density at radius 2 is 2.00 bits per heavy atom. The fourth-order valence-corrected chi connectivity index (χ4v) is 3.74. The van der Waals surface area contributed by atoms with Gasteiger partial charge in [-0.3, -0.25) is 0 Å². The second kappa shape index (κ2) is 7.27. The summed E-state index contributed by atoms with van der Waals surface area (Å²) in [5.74, 6) is 0.670. The van der Waals surface area contributed by atoms with Crippen molar-refractivity contribution in [2.24, 2.45) is 11.3 Å². The molecule has 1 fully saturated rings. The van der Waals surface area contributed by atoms with Gasteiger partial charge in [0.1, 0.15) is 5.60 Å². The first-order valence-electron chi connectivity index (χ1n) is 9.25. The topological polar surface area (TPSA) is 41.6 Å². The molecular formula is C21H34N2O2. The minimum Gasteiger partial charge on any atom is -0.444 e. The highest BCUT2D eigenvalue weighted by atomic mass is 16.6. The lowest BCUT2D eigenvalue weighted by molar-refractivity contribution is 0.0285. The number of nitrogens with one attached hydrogen (secondary N) is 1. The van der Waals surface area contributed by atoms with E-state index < -0.39 is 5.60 Å². The Morgan fingerprint density at radius 3 is 2.56 bits per heavy atom. The van der Waals surface area contributed by atoms with E-state index in [-0.39, 0.29) is 6.09 Å². The number of carbonyl (C=O) groups excluding carboxylic acids is 1. The van der Waals surface area contributed by atoms with Gasteiger partial charge < -0.3 is 15.0 Å². The SMILES string of the molecule is CC1CC(C)(C)CC1Nc1cccc(CN(C)C(=O)OC(C)(C)C)c1. The molecule has 0 aliphatic heterocycles. The van der Waals surface area contributed by atoms with E-state index in [1.165, 1.54) is 12.8 Å². The minimum atomic E-state index is -0.472. The van der Waals surface area contributed by atoms with Crippen molar-refractivity contribution in [3.8, 4) is 0 Å². The summed E-state index contributed by atoms with van der Waals surface area (Å²) < 4.78 is 5.42. The third-order valence-electron chi connectivity index (χ3n) is 4.74. The Labute approximate surface area is 152 Å². The summed E-state index contributed by atoms with van der Waals surface area (Å²) in [6.45, 7) is 13.2. The predicted molar refractivity (Wildman–Crippen MR) is 104 cm³/mol. The van der Waals surface area contributed by atoms with Crippen molar-refractivity contribution < 1.29 is 9.53 Å². The van der Waals surface area contributed by atoms with Gasteiger partial charge in [-0.15, -0.1) is 0 Å². The van der Waals surface area contributed by atoms with Crippen molar-refractivity contribution in [1.29, 1.82) is 0 Å². The predicted octanol–water partition coefficient (Wildman–Crippen LogP) is 5.29. The molecule has 0 bridgehead atoms. The number of hydrogen-bond donors (Lipinski definition) is 1. The van der Waals surface area contributed by atoms with Gasteiger partial charge in [0.2, 0.25) is 0 Å². The molecule has 1 N–H and O–H groups in total. The number of anilines is 1. The first kappa shape index (κ1) is 19.6. The van der Waals surface area contributed by atoms with Gasteiger partial charge in [0.25, 0.3) is 0 Å². The van der Waals surface area contributed by atoms with Crippen LogP contribution in [0.4, 0.5) is 10.5 Å². The van der Waals surface area contributed by atoms with Crippen molar-refractivity contribution >= 4 is 11.8 Å². The lowest BCUT2D eigenvalue weighted by Gasteiger charge is -2.25. The summed E-state index contributed by atoms with van der Waals surface area (Å²) in [4.78, 5) is 13.7. The van der Waals surface area contributed by atoms with Crippen LogP contribution in [0.5, 0.6) is 0 Å². The van der Waals surface area contributed by atoms with Crippen molar-refractivity contribution in [3.63, 3.8) is 0 Å². The van der Waals surface area contributed by atoms with Gasteiger partial charge in [0, 0.05) is 25.3 Å². The molecule has 1 aromatic carbocycles. The Bertz CT molecular complexity index is 604. The first-order valence-corrected chi connectivity index (χ1v) is 9.25. The molecule has 4 nitrogen and oxygen atoms in total. The highest BCUT2D eigenvalue weighted by molar-refractivity contribution is 5.67. The number of nitrogens with zero attached hydrogens (tertiary/aromatic N) is 1. The highest BCUT2D eigenvalue weighted by Gasteiger charge is 2.36. The molecule has 0 spiro atoms. The van der Waals surface area contributed by atoms with Crippen molar-refractivity contribution in [1.82, 2.24) is 4.90 Å². The summed E-state index contributed by atoms with van der Waals surface area (Å²) in [6.07, 6.45) is 2.15.